The zero-order valence-corrected chi connectivity index (χ0v) is 11.7. The molecule has 0 aromatic carbocycles. The number of methoxy groups -OCH3 is 1. The lowest BCUT2D eigenvalue weighted by molar-refractivity contribution is -0.0751. The number of anilines is 1. The molecule has 0 N–H and O–H groups in total. The molecule has 1 atom stereocenters. The Labute approximate surface area is 112 Å². The minimum absolute atomic E-state index is 0.130. The molecule has 1 unspecified atom stereocenters. The van der Waals surface area contributed by atoms with Crippen molar-refractivity contribution in [2.75, 3.05) is 25.1 Å². The molecule has 1 aliphatic heterocycles. The molecule has 0 spiro atoms. The molecule has 0 radical (unpaired) electrons. The van der Waals surface area contributed by atoms with Crippen molar-refractivity contribution in [3.63, 3.8) is 0 Å². The molecule has 6 nitrogen and oxygen atoms in total. The molecule has 1 aliphatic rings. The predicted molar refractivity (Wildman–Crippen MR) is 70.2 cm³/mol. The summed E-state index contributed by atoms with van der Waals surface area (Å²) in [6.07, 6.45) is 3.17. The summed E-state index contributed by atoms with van der Waals surface area (Å²) in [6.45, 7) is 7.63. The molecular formula is C13H19N3O3. The quantitative estimate of drug-likeness (QED) is 0.750. The van der Waals surface area contributed by atoms with Crippen LogP contribution < -0.4 is 4.90 Å². The van der Waals surface area contributed by atoms with E-state index in [9.17, 15) is 4.79 Å². The van der Waals surface area contributed by atoms with Crippen LogP contribution in [0.1, 0.15) is 31.3 Å². The average Bonchev–Trinajstić information content (AvgIpc) is 2.35. The van der Waals surface area contributed by atoms with Crippen molar-refractivity contribution >= 4 is 11.8 Å². The van der Waals surface area contributed by atoms with Gasteiger partial charge in [-0.2, -0.15) is 0 Å². The number of esters is 1. The number of aromatic nitrogens is 2. The Morgan fingerprint density at radius 3 is 2.74 bits per heavy atom. The lowest BCUT2D eigenvalue weighted by atomic mass is 10.1. The van der Waals surface area contributed by atoms with E-state index in [0.29, 0.717) is 0 Å². The highest BCUT2D eigenvalue weighted by Gasteiger charge is 2.32. The molecular weight excluding hydrogens is 246 g/mol. The third-order valence-corrected chi connectivity index (χ3v) is 2.93. The van der Waals surface area contributed by atoms with Crippen LogP contribution in [0.2, 0.25) is 0 Å². The predicted octanol–water partition coefficient (Wildman–Crippen LogP) is 1.27. The maximum Gasteiger partial charge on any atom is 0.358 e. The van der Waals surface area contributed by atoms with Gasteiger partial charge in [0.1, 0.15) is 5.82 Å². The van der Waals surface area contributed by atoms with Crippen LogP contribution in [-0.2, 0) is 9.47 Å². The monoisotopic (exact) mass is 265 g/mol. The Balaban J connectivity index is 2.15. The molecule has 1 fully saturated rings. The zero-order valence-electron chi connectivity index (χ0n) is 11.7. The molecule has 2 heterocycles. The van der Waals surface area contributed by atoms with Crippen molar-refractivity contribution in [1.29, 1.82) is 0 Å². The highest BCUT2D eigenvalue weighted by Crippen LogP contribution is 2.24. The van der Waals surface area contributed by atoms with Gasteiger partial charge in [0.2, 0.25) is 0 Å². The highest BCUT2D eigenvalue weighted by molar-refractivity contribution is 5.86. The Morgan fingerprint density at radius 1 is 1.47 bits per heavy atom. The summed E-state index contributed by atoms with van der Waals surface area (Å²) in [7, 11) is 1.32. The van der Waals surface area contributed by atoms with Crippen LogP contribution in [0, 0.1) is 0 Å². The highest BCUT2D eigenvalue weighted by atomic mass is 16.5. The van der Waals surface area contributed by atoms with Gasteiger partial charge in [0.15, 0.2) is 5.69 Å². The molecule has 0 bridgehead atoms. The fraction of sp³-hybridized carbons (Fsp3) is 0.615. The van der Waals surface area contributed by atoms with Crippen molar-refractivity contribution in [3.8, 4) is 0 Å². The van der Waals surface area contributed by atoms with E-state index >= 15 is 0 Å². The van der Waals surface area contributed by atoms with Crippen molar-refractivity contribution < 1.29 is 14.3 Å². The number of rotatable bonds is 2. The van der Waals surface area contributed by atoms with E-state index in [1.165, 1.54) is 13.3 Å². The molecule has 0 saturated carbocycles. The summed E-state index contributed by atoms with van der Waals surface area (Å²) in [6, 6.07) is 0. The van der Waals surface area contributed by atoms with Crippen LogP contribution in [0.4, 0.5) is 5.82 Å². The molecule has 0 aliphatic carbocycles. The summed E-state index contributed by atoms with van der Waals surface area (Å²) in [5.74, 6) is 0.269. The fourth-order valence-corrected chi connectivity index (χ4v) is 2.32. The number of nitrogens with zero attached hydrogens (tertiary/aromatic N) is 3. The Morgan fingerprint density at radius 2 is 2.21 bits per heavy atom. The fourth-order valence-electron chi connectivity index (χ4n) is 2.32. The average molecular weight is 265 g/mol. The maximum atomic E-state index is 11.3. The van der Waals surface area contributed by atoms with E-state index in [2.05, 4.69) is 19.6 Å². The van der Waals surface area contributed by atoms with Gasteiger partial charge in [-0.15, -0.1) is 0 Å². The second-order valence-corrected chi connectivity index (χ2v) is 5.32. The van der Waals surface area contributed by atoms with Crippen LogP contribution in [0.15, 0.2) is 12.4 Å². The van der Waals surface area contributed by atoms with Crippen molar-refractivity contribution in [1.82, 2.24) is 9.97 Å². The molecule has 1 aromatic rings. The summed E-state index contributed by atoms with van der Waals surface area (Å²) in [5.41, 5.74) is -0.00721. The summed E-state index contributed by atoms with van der Waals surface area (Å²) < 4.78 is 10.4. The Hall–Kier alpha value is -1.69. The number of morpholine rings is 1. The van der Waals surface area contributed by atoms with E-state index in [0.717, 1.165) is 18.9 Å². The van der Waals surface area contributed by atoms with E-state index in [-0.39, 0.29) is 17.4 Å². The van der Waals surface area contributed by atoms with Gasteiger partial charge in [-0.3, -0.25) is 0 Å². The van der Waals surface area contributed by atoms with Crippen LogP contribution in [0.5, 0.6) is 0 Å². The lowest BCUT2D eigenvalue weighted by Crippen LogP contribution is -2.52. The SMILES string of the molecule is COC(=O)c1cnc(N2CC(C)OC(C)(C)C2)cn1. The molecule has 1 saturated heterocycles. The smallest absolute Gasteiger partial charge is 0.358 e. The van der Waals surface area contributed by atoms with Gasteiger partial charge in [0, 0.05) is 13.1 Å². The van der Waals surface area contributed by atoms with Gasteiger partial charge in [0.05, 0.1) is 31.2 Å². The molecule has 6 heteroatoms. The van der Waals surface area contributed by atoms with E-state index in [4.69, 9.17) is 4.74 Å². The first-order valence-corrected chi connectivity index (χ1v) is 6.24. The van der Waals surface area contributed by atoms with Gasteiger partial charge < -0.3 is 14.4 Å². The largest absolute Gasteiger partial charge is 0.464 e. The van der Waals surface area contributed by atoms with Crippen LogP contribution in [0.25, 0.3) is 0 Å². The van der Waals surface area contributed by atoms with Gasteiger partial charge in [-0.1, -0.05) is 0 Å². The summed E-state index contributed by atoms with van der Waals surface area (Å²) >= 11 is 0. The van der Waals surface area contributed by atoms with Crippen LogP contribution in [0.3, 0.4) is 0 Å². The van der Waals surface area contributed by atoms with Gasteiger partial charge >= 0.3 is 5.97 Å². The normalized spacial score (nSPS) is 22.1. The molecule has 1 aromatic heterocycles. The van der Waals surface area contributed by atoms with Gasteiger partial charge in [0.25, 0.3) is 0 Å². The van der Waals surface area contributed by atoms with Gasteiger partial charge in [-0.25, -0.2) is 14.8 Å². The standard InChI is InChI=1S/C13H19N3O3/c1-9-7-16(8-13(2,3)19-9)11-6-14-10(5-15-11)12(17)18-4/h5-6,9H,7-8H2,1-4H3. The minimum atomic E-state index is -0.477. The number of ether oxygens (including phenoxy) is 2. The van der Waals surface area contributed by atoms with E-state index in [1.807, 2.05) is 20.8 Å². The third-order valence-electron chi connectivity index (χ3n) is 2.93. The minimum Gasteiger partial charge on any atom is -0.464 e. The number of carbonyl (C=O) groups excluding carboxylic acids is 1. The third kappa shape index (κ3) is 3.20. The Kier molecular flexibility index (Phi) is 3.71. The summed E-state index contributed by atoms with van der Waals surface area (Å²) in [5, 5.41) is 0. The second-order valence-electron chi connectivity index (χ2n) is 5.32. The molecule has 104 valence electrons. The number of hydrogen-bond acceptors (Lipinski definition) is 6. The first-order valence-electron chi connectivity index (χ1n) is 6.24. The molecule has 2 rings (SSSR count). The topological polar surface area (TPSA) is 64.5 Å². The second kappa shape index (κ2) is 5.13. The number of carbonyl (C=O) groups is 1. The van der Waals surface area contributed by atoms with E-state index < -0.39 is 5.97 Å². The first-order chi connectivity index (χ1) is 8.91. The number of hydrogen-bond donors (Lipinski definition) is 0. The van der Waals surface area contributed by atoms with Crippen LogP contribution in [-0.4, -0.2) is 47.8 Å². The van der Waals surface area contributed by atoms with Crippen molar-refractivity contribution in [3.05, 3.63) is 18.1 Å². The lowest BCUT2D eigenvalue weighted by Gasteiger charge is -2.42. The van der Waals surface area contributed by atoms with Gasteiger partial charge in [-0.05, 0) is 20.8 Å². The van der Waals surface area contributed by atoms with E-state index in [1.54, 1.807) is 6.20 Å². The maximum absolute atomic E-state index is 11.3. The first kappa shape index (κ1) is 13.7. The van der Waals surface area contributed by atoms with Crippen molar-refractivity contribution in [2.45, 2.75) is 32.5 Å². The van der Waals surface area contributed by atoms with Crippen molar-refractivity contribution in [2.24, 2.45) is 0 Å². The molecule has 19 heavy (non-hydrogen) atoms. The zero-order chi connectivity index (χ0) is 14.0. The summed E-state index contributed by atoms with van der Waals surface area (Å²) in [4.78, 5) is 21.8. The molecule has 0 amide bonds. The Bertz CT molecular complexity index is 459. The van der Waals surface area contributed by atoms with Crippen LogP contribution >= 0.6 is 0 Å².